The zero-order chi connectivity index (χ0) is 14.9. The van der Waals surface area contributed by atoms with Crippen LogP contribution < -0.4 is 11.3 Å². The van der Waals surface area contributed by atoms with Gasteiger partial charge in [0.05, 0.1) is 5.56 Å². The van der Waals surface area contributed by atoms with E-state index in [1.54, 1.807) is 19.1 Å². The Morgan fingerprint density at radius 2 is 1.95 bits per heavy atom. The van der Waals surface area contributed by atoms with Crippen LogP contribution in [0.5, 0.6) is 0 Å². The Morgan fingerprint density at radius 3 is 2.40 bits per heavy atom. The van der Waals surface area contributed by atoms with Gasteiger partial charge in [-0.1, -0.05) is 6.07 Å². The molecule has 108 valence electrons. The fourth-order valence-corrected chi connectivity index (χ4v) is 2.14. The Hall–Kier alpha value is -1.50. The Kier molecular flexibility index (Phi) is 4.08. The van der Waals surface area contributed by atoms with E-state index in [0.717, 1.165) is 12.1 Å². The van der Waals surface area contributed by atoms with E-state index in [2.05, 4.69) is 5.43 Å². The summed E-state index contributed by atoms with van der Waals surface area (Å²) in [4.78, 5) is 0. The van der Waals surface area contributed by atoms with Gasteiger partial charge in [0.2, 0.25) is 0 Å². The van der Waals surface area contributed by atoms with E-state index in [4.69, 9.17) is 21.9 Å². The van der Waals surface area contributed by atoms with Gasteiger partial charge in [-0.2, -0.15) is 13.2 Å². The highest BCUT2D eigenvalue weighted by Crippen LogP contribution is 2.33. The predicted molar refractivity (Wildman–Crippen MR) is 69.1 cm³/mol. The van der Waals surface area contributed by atoms with Gasteiger partial charge in [-0.3, -0.25) is 5.84 Å². The molecule has 2 aromatic rings. The first-order valence-corrected chi connectivity index (χ1v) is 6.10. The smallest absolute Gasteiger partial charge is 0.416 e. The number of hydrazine groups is 1. The molecule has 0 fully saturated rings. The summed E-state index contributed by atoms with van der Waals surface area (Å²) in [5.41, 5.74) is 2.85. The van der Waals surface area contributed by atoms with Gasteiger partial charge in [-0.25, -0.2) is 5.43 Å². The normalized spacial score (nSPS) is 13.5. The van der Waals surface area contributed by atoms with E-state index in [0.29, 0.717) is 16.9 Å². The molecule has 0 saturated carbocycles. The minimum atomic E-state index is -4.37. The van der Waals surface area contributed by atoms with E-state index in [1.807, 2.05) is 0 Å². The van der Waals surface area contributed by atoms with Crippen molar-refractivity contribution in [3.8, 4) is 0 Å². The van der Waals surface area contributed by atoms with Crippen LogP contribution in [-0.2, 0) is 6.18 Å². The van der Waals surface area contributed by atoms with Gasteiger partial charge in [-0.15, -0.1) is 0 Å². The summed E-state index contributed by atoms with van der Waals surface area (Å²) in [5.74, 6) is 5.89. The van der Waals surface area contributed by atoms with Crippen LogP contribution in [0.4, 0.5) is 13.2 Å². The van der Waals surface area contributed by atoms with Crippen LogP contribution in [0.25, 0.3) is 0 Å². The van der Waals surface area contributed by atoms with Gasteiger partial charge < -0.3 is 4.42 Å². The third kappa shape index (κ3) is 2.98. The SMILES string of the molecule is Cc1cc(C(F)(F)F)ccc1C(NN)c1ccc(Cl)o1. The third-order valence-electron chi connectivity index (χ3n) is 2.95. The predicted octanol–water partition coefficient (Wildman–Crippen LogP) is 3.81. The maximum atomic E-state index is 12.6. The lowest BCUT2D eigenvalue weighted by Gasteiger charge is -2.18. The van der Waals surface area contributed by atoms with Crippen LogP contribution in [0.15, 0.2) is 34.7 Å². The summed E-state index contributed by atoms with van der Waals surface area (Å²) in [5, 5.41) is 0.185. The van der Waals surface area contributed by atoms with E-state index < -0.39 is 17.8 Å². The summed E-state index contributed by atoms with van der Waals surface area (Å²) in [6, 6.07) is 6.05. The van der Waals surface area contributed by atoms with Crippen LogP contribution >= 0.6 is 11.6 Å². The highest BCUT2D eigenvalue weighted by molar-refractivity contribution is 6.28. The number of benzene rings is 1. The van der Waals surface area contributed by atoms with Gasteiger partial charge in [0.15, 0.2) is 5.22 Å². The number of alkyl halides is 3. The summed E-state index contributed by atoms with van der Waals surface area (Å²) >= 11 is 5.69. The maximum absolute atomic E-state index is 12.6. The maximum Gasteiger partial charge on any atom is 0.416 e. The fourth-order valence-electron chi connectivity index (χ4n) is 1.98. The van der Waals surface area contributed by atoms with Gasteiger partial charge in [0.25, 0.3) is 0 Å². The van der Waals surface area contributed by atoms with Gasteiger partial charge in [0.1, 0.15) is 11.8 Å². The topological polar surface area (TPSA) is 51.2 Å². The van der Waals surface area contributed by atoms with E-state index in [1.165, 1.54) is 6.07 Å². The number of hydrogen-bond acceptors (Lipinski definition) is 3. The first kappa shape index (κ1) is 14.9. The van der Waals surface area contributed by atoms with E-state index >= 15 is 0 Å². The number of halogens is 4. The van der Waals surface area contributed by atoms with Crippen LogP contribution in [0.2, 0.25) is 5.22 Å². The molecule has 20 heavy (non-hydrogen) atoms. The molecule has 3 nitrogen and oxygen atoms in total. The molecular formula is C13H12ClF3N2O. The number of rotatable bonds is 3. The van der Waals surface area contributed by atoms with Gasteiger partial charge in [-0.05, 0) is 53.9 Å². The molecule has 2 rings (SSSR count). The van der Waals surface area contributed by atoms with Crippen LogP contribution in [0, 0.1) is 6.92 Å². The molecule has 0 radical (unpaired) electrons. The Balaban J connectivity index is 2.41. The molecule has 1 aromatic carbocycles. The average molecular weight is 305 g/mol. The molecule has 1 heterocycles. The van der Waals surface area contributed by atoms with Crippen molar-refractivity contribution < 1.29 is 17.6 Å². The standard InChI is InChI=1S/C13H12ClF3N2O/c1-7-6-8(13(15,16)17)2-3-9(7)12(19-18)10-4-5-11(14)20-10/h2-6,12,19H,18H2,1H3. The van der Waals surface area contributed by atoms with Crippen molar-refractivity contribution in [1.29, 1.82) is 0 Å². The van der Waals surface area contributed by atoms with Crippen molar-refractivity contribution in [3.05, 3.63) is 58.0 Å². The number of furan rings is 1. The number of nitrogens with two attached hydrogens (primary N) is 1. The molecule has 0 aliphatic carbocycles. The zero-order valence-electron chi connectivity index (χ0n) is 10.5. The molecule has 7 heteroatoms. The van der Waals surface area contributed by atoms with Crippen LogP contribution in [-0.4, -0.2) is 0 Å². The molecule has 0 aliphatic rings. The summed E-state index contributed by atoms with van der Waals surface area (Å²) in [7, 11) is 0. The minimum absolute atomic E-state index is 0.185. The second-order valence-corrected chi connectivity index (χ2v) is 4.68. The molecule has 1 aromatic heterocycles. The lowest BCUT2D eigenvalue weighted by atomic mass is 9.97. The van der Waals surface area contributed by atoms with Gasteiger partial charge >= 0.3 is 6.18 Å². The highest BCUT2D eigenvalue weighted by atomic mass is 35.5. The Labute approximate surface area is 118 Å². The quantitative estimate of drug-likeness (QED) is 0.669. The van der Waals surface area contributed by atoms with Crippen LogP contribution in [0.3, 0.4) is 0 Å². The van der Waals surface area contributed by atoms with Crippen molar-refractivity contribution in [2.45, 2.75) is 19.1 Å². The number of aryl methyl sites for hydroxylation is 1. The van der Waals surface area contributed by atoms with Crippen molar-refractivity contribution in [2.24, 2.45) is 5.84 Å². The molecule has 0 saturated heterocycles. The summed E-state index contributed by atoms with van der Waals surface area (Å²) in [6.45, 7) is 1.58. The highest BCUT2D eigenvalue weighted by Gasteiger charge is 2.31. The zero-order valence-corrected chi connectivity index (χ0v) is 11.2. The summed E-state index contributed by atoms with van der Waals surface area (Å²) in [6.07, 6.45) is -4.37. The lowest BCUT2D eigenvalue weighted by molar-refractivity contribution is -0.137. The third-order valence-corrected chi connectivity index (χ3v) is 3.16. The van der Waals surface area contributed by atoms with Crippen molar-refractivity contribution in [2.75, 3.05) is 0 Å². The summed E-state index contributed by atoms with van der Waals surface area (Å²) < 4.78 is 43.1. The average Bonchev–Trinajstić information content (AvgIpc) is 2.77. The van der Waals surface area contributed by atoms with Gasteiger partial charge in [0, 0.05) is 0 Å². The van der Waals surface area contributed by atoms with Crippen molar-refractivity contribution in [3.63, 3.8) is 0 Å². The lowest BCUT2D eigenvalue weighted by Crippen LogP contribution is -2.29. The molecule has 1 atom stereocenters. The second kappa shape index (κ2) is 5.47. The molecule has 0 spiro atoms. The van der Waals surface area contributed by atoms with Crippen molar-refractivity contribution in [1.82, 2.24) is 5.43 Å². The molecule has 0 amide bonds. The van der Waals surface area contributed by atoms with E-state index in [-0.39, 0.29) is 5.22 Å². The monoisotopic (exact) mass is 304 g/mol. The Morgan fingerprint density at radius 1 is 1.25 bits per heavy atom. The molecule has 3 N–H and O–H groups in total. The Bertz CT molecular complexity index is 610. The largest absolute Gasteiger partial charge is 0.448 e. The first-order valence-electron chi connectivity index (χ1n) is 5.72. The second-order valence-electron chi connectivity index (χ2n) is 4.31. The first-order chi connectivity index (χ1) is 9.32. The fraction of sp³-hybridized carbons (Fsp3) is 0.231. The van der Waals surface area contributed by atoms with Crippen LogP contribution in [0.1, 0.15) is 28.5 Å². The van der Waals surface area contributed by atoms with E-state index in [9.17, 15) is 13.2 Å². The molecule has 0 bridgehead atoms. The van der Waals surface area contributed by atoms with Crippen molar-refractivity contribution >= 4 is 11.6 Å². The minimum Gasteiger partial charge on any atom is -0.448 e. The molecule has 1 unspecified atom stereocenters. The number of nitrogens with one attached hydrogen (secondary N) is 1. The molecular weight excluding hydrogens is 293 g/mol. The number of hydrogen-bond donors (Lipinski definition) is 2. The molecule has 0 aliphatic heterocycles.